The molecule has 1 saturated heterocycles. The number of carbonyl (C=O) groups is 1. The van der Waals surface area contributed by atoms with E-state index < -0.39 is 0 Å². The van der Waals surface area contributed by atoms with Crippen molar-refractivity contribution in [3.63, 3.8) is 0 Å². The molecular formula is C14H22N4O. The Morgan fingerprint density at radius 3 is 2.79 bits per heavy atom. The lowest BCUT2D eigenvalue weighted by atomic mass is 10.1. The summed E-state index contributed by atoms with van der Waals surface area (Å²) in [6, 6.07) is 6.99. The third-order valence-corrected chi connectivity index (χ3v) is 3.31. The van der Waals surface area contributed by atoms with Crippen molar-refractivity contribution in [1.82, 2.24) is 10.2 Å². The first-order valence-corrected chi connectivity index (χ1v) is 6.87. The average molecular weight is 262 g/mol. The highest BCUT2D eigenvalue weighted by molar-refractivity contribution is 5.89. The first kappa shape index (κ1) is 13.7. The second kappa shape index (κ2) is 6.99. The fourth-order valence-corrected chi connectivity index (χ4v) is 2.30. The molecule has 0 aromatic heterocycles. The van der Waals surface area contributed by atoms with E-state index in [1.165, 1.54) is 19.3 Å². The first-order valence-electron chi connectivity index (χ1n) is 6.87. The second-order valence-electron chi connectivity index (χ2n) is 4.91. The zero-order chi connectivity index (χ0) is 13.5. The molecular weight excluding hydrogens is 240 g/mol. The van der Waals surface area contributed by atoms with E-state index in [1.54, 1.807) is 12.1 Å². The first-order chi connectivity index (χ1) is 9.24. The number of benzene rings is 1. The SMILES string of the molecule is Nc1cccc(NC(=O)NCCN2CCCCC2)c1. The molecule has 2 rings (SSSR count). The number of nitrogen functional groups attached to an aromatic ring is 1. The lowest BCUT2D eigenvalue weighted by molar-refractivity contribution is 0.224. The van der Waals surface area contributed by atoms with E-state index >= 15 is 0 Å². The molecule has 2 amide bonds. The molecule has 104 valence electrons. The Kier molecular flexibility index (Phi) is 5.03. The van der Waals surface area contributed by atoms with Gasteiger partial charge in [0, 0.05) is 24.5 Å². The average Bonchev–Trinajstić information content (AvgIpc) is 2.40. The van der Waals surface area contributed by atoms with Gasteiger partial charge in [0.2, 0.25) is 0 Å². The van der Waals surface area contributed by atoms with Gasteiger partial charge in [-0.25, -0.2) is 4.79 Å². The summed E-state index contributed by atoms with van der Waals surface area (Å²) in [5, 5.41) is 5.64. The number of nitrogens with two attached hydrogens (primary N) is 1. The lowest BCUT2D eigenvalue weighted by Gasteiger charge is -2.26. The number of piperidine rings is 1. The van der Waals surface area contributed by atoms with Gasteiger partial charge in [0.15, 0.2) is 0 Å². The number of rotatable bonds is 4. The van der Waals surface area contributed by atoms with Gasteiger partial charge in [-0.05, 0) is 44.1 Å². The number of hydrogen-bond acceptors (Lipinski definition) is 3. The molecule has 0 saturated carbocycles. The van der Waals surface area contributed by atoms with Gasteiger partial charge in [-0.15, -0.1) is 0 Å². The van der Waals surface area contributed by atoms with E-state index in [9.17, 15) is 4.79 Å². The molecule has 0 unspecified atom stereocenters. The van der Waals surface area contributed by atoms with Crippen LogP contribution < -0.4 is 16.4 Å². The highest BCUT2D eigenvalue weighted by atomic mass is 16.2. The number of anilines is 2. The zero-order valence-corrected chi connectivity index (χ0v) is 11.2. The summed E-state index contributed by atoms with van der Waals surface area (Å²) in [4.78, 5) is 14.1. The number of carbonyl (C=O) groups excluding carboxylic acids is 1. The largest absolute Gasteiger partial charge is 0.399 e. The van der Waals surface area contributed by atoms with Crippen LogP contribution in [0.3, 0.4) is 0 Å². The molecule has 1 aliphatic rings. The van der Waals surface area contributed by atoms with Crippen molar-refractivity contribution < 1.29 is 4.79 Å². The Labute approximate surface area is 114 Å². The van der Waals surface area contributed by atoms with Gasteiger partial charge in [-0.1, -0.05) is 12.5 Å². The molecule has 0 radical (unpaired) electrons. The Bertz CT molecular complexity index is 416. The molecule has 1 fully saturated rings. The van der Waals surface area contributed by atoms with Crippen LogP contribution in [0, 0.1) is 0 Å². The maximum absolute atomic E-state index is 11.7. The highest BCUT2D eigenvalue weighted by Crippen LogP contribution is 2.11. The molecule has 0 aliphatic carbocycles. The van der Waals surface area contributed by atoms with Crippen molar-refractivity contribution in [1.29, 1.82) is 0 Å². The van der Waals surface area contributed by atoms with E-state index in [4.69, 9.17) is 5.73 Å². The van der Waals surface area contributed by atoms with E-state index in [0.717, 1.165) is 25.3 Å². The molecule has 0 bridgehead atoms. The zero-order valence-electron chi connectivity index (χ0n) is 11.2. The van der Waals surface area contributed by atoms with Crippen LogP contribution in [0.5, 0.6) is 0 Å². The monoisotopic (exact) mass is 262 g/mol. The fraction of sp³-hybridized carbons (Fsp3) is 0.500. The smallest absolute Gasteiger partial charge is 0.319 e. The van der Waals surface area contributed by atoms with Gasteiger partial charge < -0.3 is 21.3 Å². The van der Waals surface area contributed by atoms with Crippen LogP contribution in [-0.4, -0.2) is 37.1 Å². The second-order valence-corrected chi connectivity index (χ2v) is 4.91. The Hall–Kier alpha value is -1.75. The molecule has 1 aliphatic heterocycles. The number of nitrogens with one attached hydrogen (secondary N) is 2. The van der Waals surface area contributed by atoms with Crippen molar-refractivity contribution in [3.8, 4) is 0 Å². The minimum absolute atomic E-state index is 0.178. The minimum Gasteiger partial charge on any atom is -0.399 e. The summed E-state index contributed by atoms with van der Waals surface area (Å²) in [7, 11) is 0. The van der Waals surface area contributed by atoms with Crippen LogP contribution in [0.25, 0.3) is 0 Å². The van der Waals surface area contributed by atoms with Crippen molar-refractivity contribution in [2.45, 2.75) is 19.3 Å². The summed E-state index contributed by atoms with van der Waals surface area (Å²) < 4.78 is 0. The quantitative estimate of drug-likeness (QED) is 0.726. The van der Waals surface area contributed by atoms with Crippen LogP contribution in [0.15, 0.2) is 24.3 Å². The number of amides is 2. The molecule has 5 nitrogen and oxygen atoms in total. The molecule has 5 heteroatoms. The molecule has 0 atom stereocenters. The third-order valence-electron chi connectivity index (χ3n) is 3.31. The topological polar surface area (TPSA) is 70.4 Å². The summed E-state index contributed by atoms with van der Waals surface area (Å²) in [5.41, 5.74) is 7.02. The Morgan fingerprint density at radius 2 is 2.05 bits per heavy atom. The maximum atomic E-state index is 11.7. The van der Waals surface area contributed by atoms with Crippen molar-refractivity contribution in [2.24, 2.45) is 0 Å². The lowest BCUT2D eigenvalue weighted by Crippen LogP contribution is -2.39. The summed E-state index contributed by atoms with van der Waals surface area (Å²) in [5.74, 6) is 0. The molecule has 1 heterocycles. The van der Waals surface area contributed by atoms with Crippen LogP contribution in [0.2, 0.25) is 0 Å². The predicted molar refractivity (Wildman–Crippen MR) is 78.2 cm³/mol. The van der Waals surface area contributed by atoms with Crippen molar-refractivity contribution in [2.75, 3.05) is 37.2 Å². The number of likely N-dealkylation sites (tertiary alicyclic amines) is 1. The molecule has 19 heavy (non-hydrogen) atoms. The van der Waals surface area contributed by atoms with E-state index in [-0.39, 0.29) is 6.03 Å². The highest BCUT2D eigenvalue weighted by Gasteiger charge is 2.09. The van der Waals surface area contributed by atoms with Gasteiger partial charge in [-0.2, -0.15) is 0 Å². The van der Waals surface area contributed by atoms with Gasteiger partial charge in [0.25, 0.3) is 0 Å². The van der Waals surface area contributed by atoms with Crippen LogP contribution >= 0.6 is 0 Å². The van der Waals surface area contributed by atoms with Gasteiger partial charge >= 0.3 is 6.03 Å². The third kappa shape index (κ3) is 4.79. The normalized spacial score (nSPS) is 16.0. The van der Waals surface area contributed by atoms with Crippen LogP contribution in [0.1, 0.15) is 19.3 Å². The Morgan fingerprint density at radius 1 is 1.26 bits per heavy atom. The van der Waals surface area contributed by atoms with Crippen molar-refractivity contribution >= 4 is 17.4 Å². The maximum Gasteiger partial charge on any atom is 0.319 e. The van der Waals surface area contributed by atoms with Crippen LogP contribution in [-0.2, 0) is 0 Å². The van der Waals surface area contributed by atoms with Gasteiger partial charge in [0.05, 0.1) is 0 Å². The van der Waals surface area contributed by atoms with E-state index in [0.29, 0.717) is 12.2 Å². The molecule has 0 spiro atoms. The minimum atomic E-state index is -0.178. The van der Waals surface area contributed by atoms with E-state index in [2.05, 4.69) is 15.5 Å². The fourth-order valence-electron chi connectivity index (χ4n) is 2.30. The van der Waals surface area contributed by atoms with Gasteiger partial charge in [-0.3, -0.25) is 0 Å². The number of hydrogen-bond donors (Lipinski definition) is 3. The summed E-state index contributed by atoms with van der Waals surface area (Å²) in [6.07, 6.45) is 3.88. The molecule has 1 aromatic rings. The molecule has 4 N–H and O–H groups in total. The summed E-state index contributed by atoms with van der Waals surface area (Å²) in [6.45, 7) is 3.90. The standard InChI is InChI=1S/C14H22N4O/c15-12-5-4-6-13(11-12)17-14(19)16-7-10-18-8-2-1-3-9-18/h4-6,11H,1-3,7-10,15H2,(H2,16,17,19). The van der Waals surface area contributed by atoms with E-state index in [1.807, 2.05) is 12.1 Å². The van der Waals surface area contributed by atoms with Gasteiger partial charge in [0.1, 0.15) is 0 Å². The number of urea groups is 1. The Balaban J connectivity index is 1.67. The van der Waals surface area contributed by atoms with Crippen LogP contribution in [0.4, 0.5) is 16.2 Å². The number of nitrogens with zero attached hydrogens (tertiary/aromatic N) is 1. The predicted octanol–water partition coefficient (Wildman–Crippen LogP) is 1.88. The van der Waals surface area contributed by atoms with Crippen molar-refractivity contribution in [3.05, 3.63) is 24.3 Å². The summed E-state index contributed by atoms with van der Waals surface area (Å²) >= 11 is 0. The molecule has 1 aromatic carbocycles.